The fourth-order valence-electron chi connectivity index (χ4n) is 2.60. The highest BCUT2D eigenvalue weighted by atomic mass is 16.5. The Morgan fingerprint density at radius 3 is 3.05 bits per heavy atom. The number of benzene rings is 1. The molecule has 6 heteroatoms. The first-order valence-corrected chi connectivity index (χ1v) is 7.43. The maximum Gasteiger partial charge on any atom is 0.255 e. The first kappa shape index (κ1) is 16.5. The maximum absolute atomic E-state index is 12.8. The Morgan fingerprint density at radius 2 is 2.36 bits per heavy atom. The smallest absolute Gasteiger partial charge is 0.255 e. The van der Waals surface area contributed by atoms with Crippen molar-refractivity contribution in [1.82, 2.24) is 4.90 Å². The topological polar surface area (TPSA) is 76.1 Å². The standard InChI is InChI=1S/C16H21NO5/c1-2-22-15-5-3-4-13(14(15)10-19)16(20)17-7-9-21-11-12(17)6-8-18/h3-5,10,12,18H,2,6-9,11H2,1H3/t12-/m1/s1. The second-order valence-corrected chi connectivity index (χ2v) is 5.01. The minimum Gasteiger partial charge on any atom is -0.493 e. The minimum absolute atomic E-state index is 0.0165. The summed E-state index contributed by atoms with van der Waals surface area (Å²) in [4.78, 5) is 25.9. The van der Waals surface area contributed by atoms with Crippen LogP contribution in [0.2, 0.25) is 0 Å². The van der Waals surface area contributed by atoms with Crippen molar-refractivity contribution >= 4 is 12.2 Å². The van der Waals surface area contributed by atoms with Gasteiger partial charge in [-0.2, -0.15) is 0 Å². The summed E-state index contributed by atoms with van der Waals surface area (Å²) in [5, 5.41) is 9.13. The molecule has 1 aliphatic heterocycles. The van der Waals surface area contributed by atoms with Gasteiger partial charge in [-0.05, 0) is 25.5 Å². The fraction of sp³-hybridized carbons (Fsp3) is 0.500. The molecule has 1 fully saturated rings. The monoisotopic (exact) mass is 307 g/mol. The molecule has 0 bridgehead atoms. The van der Waals surface area contributed by atoms with Crippen LogP contribution in [0.5, 0.6) is 5.75 Å². The number of ether oxygens (including phenoxy) is 2. The van der Waals surface area contributed by atoms with E-state index in [-0.39, 0.29) is 24.1 Å². The van der Waals surface area contributed by atoms with Gasteiger partial charge in [-0.15, -0.1) is 0 Å². The molecule has 120 valence electrons. The fourth-order valence-corrected chi connectivity index (χ4v) is 2.60. The number of nitrogens with zero attached hydrogens (tertiary/aromatic N) is 1. The number of carbonyl (C=O) groups excluding carboxylic acids is 2. The zero-order valence-corrected chi connectivity index (χ0v) is 12.7. The average Bonchev–Trinajstić information content (AvgIpc) is 2.55. The van der Waals surface area contributed by atoms with Crippen LogP contribution in [-0.4, -0.2) is 61.2 Å². The molecule has 1 atom stereocenters. The van der Waals surface area contributed by atoms with Crippen LogP contribution in [0.15, 0.2) is 18.2 Å². The first-order chi connectivity index (χ1) is 10.7. The first-order valence-electron chi connectivity index (χ1n) is 7.43. The normalized spacial score (nSPS) is 18.1. The zero-order valence-electron chi connectivity index (χ0n) is 12.7. The predicted molar refractivity (Wildman–Crippen MR) is 80.3 cm³/mol. The van der Waals surface area contributed by atoms with E-state index in [1.165, 1.54) is 0 Å². The van der Waals surface area contributed by atoms with Crippen LogP contribution < -0.4 is 4.74 Å². The summed E-state index contributed by atoms with van der Waals surface area (Å²) in [5.41, 5.74) is 0.592. The number of hydrogen-bond donors (Lipinski definition) is 1. The van der Waals surface area contributed by atoms with Gasteiger partial charge in [-0.3, -0.25) is 9.59 Å². The lowest BCUT2D eigenvalue weighted by Crippen LogP contribution is -2.49. The van der Waals surface area contributed by atoms with Gasteiger partial charge in [0.15, 0.2) is 6.29 Å². The Kier molecular flexibility index (Phi) is 5.91. The number of amides is 1. The molecule has 1 N–H and O–H groups in total. The number of rotatable bonds is 6. The number of aliphatic hydroxyl groups excluding tert-OH is 1. The number of morpholine rings is 1. The Balaban J connectivity index is 2.31. The average molecular weight is 307 g/mol. The summed E-state index contributed by atoms with van der Waals surface area (Å²) < 4.78 is 10.8. The summed E-state index contributed by atoms with van der Waals surface area (Å²) in [6.07, 6.45) is 1.10. The van der Waals surface area contributed by atoms with E-state index in [9.17, 15) is 9.59 Å². The van der Waals surface area contributed by atoms with E-state index < -0.39 is 0 Å². The van der Waals surface area contributed by atoms with Crippen LogP contribution in [0.25, 0.3) is 0 Å². The number of hydrogen-bond acceptors (Lipinski definition) is 5. The van der Waals surface area contributed by atoms with Crippen molar-refractivity contribution in [2.75, 3.05) is 33.0 Å². The minimum atomic E-state index is -0.231. The molecule has 1 saturated heterocycles. The van der Waals surface area contributed by atoms with Gasteiger partial charge in [0.05, 0.1) is 37.0 Å². The van der Waals surface area contributed by atoms with Crippen LogP contribution in [0, 0.1) is 0 Å². The van der Waals surface area contributed by atoms with Gasteiger partial charge < -0.3 is 19.5 Å². The van der Waals surface area contributed by atoms with E-state index in [1.54, 1.807) is 23.1 Å². The van der Waals surface area contributed by atoms with Crippen LogP contribution in [-0.2, 0) is 4.74 Å². The van der Waals surface area contributed by atoms with Crippen LogP contribution in [0.4, 0.5) is 0 Å². The Labute approximate surface area is 129 Å². The molecule has 1 heterocycles. The van der Waals surface area contributed by atoms with E-state index in [4.69, 9.17) is 14.6 Å². The molecule has 0 aliphatic carbocycles. The summed E-state index contributed by atoms with van der Waals surface area (Å²) in [5.74, 6) is 0.181. The molecule has 0 aromatic heterocycles. The third-order valence-corrected chi connectivity index (χ3v) is 3.66. The van der Waals surface area contributed by atoms with Crippen molar-refractivity contribution < 1.29 is 24.2 Å². The summed E-state index contributed by atoms with van der Waals surface area (Å²) in [6.45, 7) is 3.52. The molecule has 0 saturated carbocycles. The van der Waals surface area contributed by atoms with Crippen molar-refractivity contribution in [1.29, 1.82) is 0 Å². The lowest BCUT2D eigenvalue weighted by atomic mass is 10.0. The van der Waals surface area contributed by atoms with Crippen molar-refractivity contribution in [2.24, 2.45) is 0 Å². The van der Waals surface area contributed by atoms with Crippen molar-refractivity contribution in [2.45, 2.75) is 19.4 Å². The van der Waals surface area contributed by atoms with Gasteiger partial charge in [0.25, 0.3) is 5.91 Å². The van der Waals surface area contributed by atoms with E-state index in [0.29, 0.717) is 50.4 Å². The van der Waals surface area contributed by atoms with Crippen LogP contribution >= 0.6 is 0 Å². The largest absolute Gasteiger partial charge is 0.493 e. The van der Waals surface area contributed by atoms with Crippen molar-refractivity contribution in [3.05, 3.63) is 29.3 Å². The molecule has 22 heavy (non-hydrogen) atoms. The van der Waals surface area contributed by atoms with Gasteiger partial charge in [0.1, 0.15) is 5.75 Å². The van der Waals surface area contributed by atoms with Crippen LogP contribution in [0.1, 0.15) is 34.1 Å². The van der Waals surface area contributed by atoms with E-state index >= 15 is 0 Å². The molecule has 2 rings (SSSR count). The molecule has 0 radical (unpaired) electrons. The summed E-state index contributed by atoms with van der Waals surface area (Å²) in [7, 11) is 0. The third-order valence-electron chi connectivity index (χ3n) is 3.66. The number of aldehydes is 1. The quantitative estimate of drug-likeness (QED) is 0.797. The van der Waals surface area contributed by atoms with Gasteiger partial charge in [0.2, 0.25) is 0 Å². The summed E-state index contributed by atoms with van der Waals surface area (Å²) >= 11 is 0. The predicted octanol–water partition coefficient (Wildman–Crippen LogP) is 1.12. The van der Waals surface area contributed by atoms with Crippen molar-refractivity contribution in [3.63, 3.8) is 0 Å². The Morgan fingerprint density at radius 1 is 1.55 bits per heavy atom. The molecule has 1 amide bonds. The third kappa shape index (κ3) is 3.45. The zero-order chi connectivity index (χ0) is 15.9. The maximum atomic E-state index is 12.8. The second kappa shape index (κ2) is 7.91. The Hall–Kier alpha value is -1.92. The molecule has 1 aromatic rings. The molecule has 0 spiro atoms. The highest BCUT2D eigenvalue weighted by Crippen LogP contribution is 2.24. The van der Waals surface area contributed by atoms with Crippen LogP contribution in [0.3, 0.4) is 0 Å². The molecular formula is C16H21NO5. The van der Waals surface area contributed by atoms with E-state index in [2.05, 4.69) is 0 Å². The molecule has 0 unspecified atom stereocenters. The molecule has 6 nitrogen and oxygen atoms in total. The van der Waals surface area contributed by atoms with Gasteiger partial charge in [-0.25, -0.2) is 0 Å². The number of aliphatic hydroxyl groups is 1. The van der Waals surface area contributed by atoms with Gasteiger partial charge >= 0.3 is 0 Å². The second-order valence-electron chi connectivity index (χ2n) is 5.01. The van der Waals surface area contributed by atoms with Gasteiger partial charge in [-0.1, -0.05) is 6.07 Å². The van der Waals surface area contributed by atoms with Gasteiger partial charge in [0, 0.05) is 13.2 Å². The molecular weight excluding hydrogens is 286 g/mol. The highest BCUT2D eigenvalue weighted by molar-refractivity contribution is 6.03. The molecule has 1 aliphatic rings. The van der Waals surface area contributed by atoms with E-state index in [1.807, 2.05) is 6.92 Å². The lowest BCUT2D eigenvalue weighted by molar-refractivity contribution is -0.00835. The Bertz CT molecular complexity index is 529. The highest BCUT2D eigenvalue weighted by Gasteiger charge is 2.29. The lowest BCUT2D eigenvalue weighted by Gasteiger charge is -2.35. The number of carbonyl (C=O) groups is 2. The van der Waals surface area contributed by atoms with Crippen molar-refractivity contribution in [3.8, 4) is 5.75 Å². The summed E-state index contributed by atoms with van der Waals surface area (Å²) in [6, 6.07) is 4.82. The SMILES string of the molecule is CCOc1cccc(C(=O)N2CCOC[C@H]2CCO)c1C=O. The molecule has 1 aromatic carbocycles. The van der Waals surface area contributed by atoms with E-state index in [0.717, 1.165) is 0 Å².